The summed E-state index contributed by atoms with van der Waals surface area (Å²) in [6.07, 6.45) is 6.36. The average Bonchev–Trinajstić information content (AvgIpc) is 1.98. The van der Waals surface area contributed by atoms with Crippen molar-refractivity contribution in [1.82, 2.24) is 0 Å². The molecule has 1 atom stereocenters. The Bertz CT molecular complexity index is 204. The zero-order valence-corrected chi connectivity index (χ0v) is 8.00. The highest BCUT2D eigenvalue weighted by Gasteiger charge is 2.06. The summed E-state index contributed by atoms with van der Waals surface area (Å²) in [4.78, 5) is 10.6. The molecule has 0 saturated carbocycles. The monoisotopic (exact) mass is 167 g/mol. The summed E-state index contributed by atoms with van der Waals surface area (Å²) in [6, 6.07) is 0. The molecule has 0 aromatic rings. The van der Waals surface area contributed by atoms with Crippen molar-refractivity contribution in [3.63, 3.8) is 0 Å². The minimum Gasteiger partial charge on any atom is -0.370 e. The molecule has 2 N–H and O–H groups in total. The number of nitrogens with two attached hydrogens (primary N) is 1. The molecule has 1 unspecified atom stereocenters. The minimum absolute atomic E-state index is 0.240. The molecular formula is C10H17NO. The number of carbonyl (C=O) groups excluding carboxylic acids is 1. The van der Waals surface area contributed by atoms with Gasteiger partial charge in [-0.15, -0.1) is 0 Å². The number of allylic oxidation sites excluding steroid dienone is 4. The van der Waals surface area contributed by atoms with E-state index in [4.69, 9.17) is 5.73 Å². The van der Waals surface area contributed by atoms with E-state index < -0.39 is 0 Å². The number of carbonyl (C=O) groups is 1. The van der Waals surface area contributed by atoms with Gasteiger partial charge in [-0.25, -0.2) is 0 Å². The van der Waals surface area contributed by atoms with Crippen LogP contribution in [0.25, 0.3) is 0 Å². The molecule has 0 aliphatic carbocycles. The van der Waals surface area contributed by atoms with E-state index in [9.17, 15) is 4.79 Å². The summed E-state index contributed by atoms with van der Waals surface area (Å²) in [7, 11) is 0. The maximum absolute atomic E-state index is 10.6. The zero-order valence-electron chi connectivity index (χ0n) is 8.00. The van der Waals surface area contributed by atoms with Crippen LogP contribution in [0, 0.1) is 5.92 Å². The van der Waals surface area contributed by atoms with Gasteiger partial charge in [0.05, 0.1) is 0 Å². The molecule has 2 heteroatoms. The molecule has 0 bridgehead atoms. The lowest BCUT2D eigenvalue weighted by Gasteiger charge is -2.08. The van der Waals surface area contributed by atoms with Crippen LogP contribution in [0.1, 0.15) is 27.2 Å². The predicted molar refractivity (Wildman–Crippen MR) is 51.5 cm³/mol. The Morgan fingerprint density at radius 1 is 1.58 bits per heavy atom. The molecule has 0 aromatic carbocycles. The lowest BCUT2D eigenvalue weighted by atomic mass is 9.98. The van der Waals surface area contributed by atoms with Gasteiger partial charge in [0.2, 0.25) is 5.91 Å². The molecule has 0 aromatic heterocycles. The van der Waals surface area contributed by atoms with E-state index in [0.717, 1.165) is 0 Å². The smallest absolute Gasteiger partial charge is 0.218 e. The van der Waals surface area contributed by atoms with Crippen molar-refractivity contribution < 1.29 is 4.79 Å². The van der Waals surface area contributed by atoms with Crippen molar-refractivity contribution in [2.45, 2.75) is 27.2 Å². The third-order valence-electron chi connectivity index (χ3n) is 1.84. The molecule has 68 valence electrons. The Morgan fingerprint density at radius 2 is 2.17 bits per heavy atom. The highest BCUT2D eigenvalue weighted by molar-refractivity contribution is 5.74. The Morgan fingerprint density at radius 3 is 2.58 bits per heavy atom. The van der Waals surface area contributed by atoms with E-state index in [-0.39, 0.29) is 11.8 Å². The van der Waals surface area contributed by atoms with E-state index in [1.165, 1.54) is 5.57 Å². The summed E-state index contributed by atoms with van der Waals surface area (Å²) >= 11 is 0. The van der Waals surface area contributed by atoms with E-state index in [2.05, 4.69) is 0 Å². The topological polar surface area (TPSA) is 43.1 Å². The van der Waals surface area contributed by atoms with Gasteiger partial charge in [-0.05, 0) is 19.8 Å². The minimum atomic E-state index is -0.240. The first kappa shape index (κ1) is 11.0. The lowest BCUT2D eigenvalue weighted by molar-refractivity contribution is -0.118. The van der Waals surface area contributed by atoms with Crippen molar-refractivity contribution >= 4 is 5.91 Å². The second kappa shape index (κ2) is 5.58. The molecule has 12 heavy (non-hydrogen) atoms. The molecular weight excluding hydrogens is 150 g/mol. The van der Waals surface area contributed by atoms with Crippen LogP contribution in [-0.2, 0) is 4.79 Å². The van der Waals surface area contributed by atoms with Gasteiger partial charge in [0.1, 0.15) is 0 Å². The van der Waals surface area contributed by atoms with Crippen LogP contribution < -0.4 is 5.73 Å². The van der Waals surface area contributed by atoms with Gasteiger partial charge in [0.25, 0.3) is 0 Å². The third-order valence-corrected chi connectivity index (χ3v) is 1.84. The SMILES string of the molecule is C/C=C\C=C(/C)C(C)CC(N)=O. The van der Waals surface area contributed by atoms with Crippen LogP contribution in [0.5, 0.6) is 0 Å². The lowest BCUT2D eigenvalue weighted by Crippen LogP contribution is -2.15. The quantitative estimate of drug-likeness (QED) is 0.639. The Labute approximate surface area is 74.1 Å². The molecule has 0 aliphatic rings. The Balaban J connectivity index is 4.08. The molecule has 0 fully saturated rings. The average molecular weight is 167 g/mol. The summed E-state index contributed by atoms with van der Waals surface area (Å²) in [5.74, 6) is 0.00873. The van der Waals surface area contributed by atoms with E-state index in [1.807, 2.05) is 39.0 Å². The fourth-order valence-electron chi connectivity index (χ4n) is 0.875. The number of rotatable bonds is 4. The molecule has 2 nitrogen and oxygen atoms in total. The van der Waals surface area contributed by atoms with Crippen molar-refractivity contribution in [1.29, 1.82) is 0 Å². The van der Waals surface area contributed by atoms with E-state index in [1.54, 1.807) is 0 Å². The first-order chi connectivity index (χ1) is 5.57. The number of amides is 1. The van der Waals surface area contributed by atoms with Gasteiger partial charge in [-0.2, -0.15) is 0 Å². The first-order valence-electron chi connectivity index (χ1n) is 4.15. The molecule has 0 aliphatic heterocycles. The predicted octanol–water partition coefficient (Wildman–Crippen LogP) is 2.02. The maximum atomic E-state index is 10.6. The molecule has 1 amide bonds. The van der Waals surface area contributed by atoms with Gasteiger partial charge in [0.15, 0.2) is 0 Å². The van der Waals surface area contributed by atoms with E-state index in [0.29, 0.717) is 6.42 Å². The van der Waals surface area contributed by atoms with Crippen LogP contribution in [-0.4, -0.2) is 5.91 Å². The van der Waals surface area contributed by atoms with Gasteiger partial charge in [0, 0.05) is 6.42 Å². The number of primary amides is 1. The first-order valence-corrected chi connectivity index (χ1v) is 4.15. The van der Waals surface area contributed by atoms with Crippen LogP contribution >= 0.6 is 0 Å². The molecule has 0 heterocycles. The second-order valence-corrected chi connectivity index (χ2v) is 3.01. The zero-order chi connectivity index (χ0) is 9.56. The van der Waals surface area contributed by atoms with Crippen molar-refractivity contribution in [3.8, 4) is 0 Å². The summed E-state index contributed by atoms with van der Waals surface area (Å²) in [6.45, 7) is 5.97. The summed E-state index contributed by atoms with van der Waals surface area (Å²) in [5.41, 5.74) is 6.26. The van der Waals surface area contributed by atoms with Crippen molar-refractivity contribution in [2.75, 3.05) is 0 Å². The van der Waals surface area contributed by atoms with Crippen molar-refractivity contribution in [3.05, 3.63) is 23.8 Å². The van der Waals surface area contributed by atoms with Crippen LogP contribution in [0.3, 0.4) is 0 Å². The Hall–Kier alpha value is -1.05. The second-order valence-electron chi connectivity index (χ2n) is 3.01. The molecule has 0 rings (SSSR count). The van der Waals surface area contributed by atoms with Gasteiger partial charge >= 0.3 is 0 Å². The molecule has 0 radical (unpaired) electrons. The van der Waals surface area contributed by atoms with Crippen LogP contribution in [0.15, 0.2) is 23.8 Å². The highest BCUT2D eigenvalue weighted by Crippen LogP contribution is 2.13. The van der Waals surface area contributed by atoms with Gasteiger partial charge < -0.3 is 5.73 Å². The van der Waals surface area contributed by atoms with Crippen LogP contribution in [0.2, 0.25) is 0 Å². The van der Waals surface area contributed by atoms with Crippen molar-refractivity contribution in [2.24, 2.45) is 11.7 Å². The van der Waals surface area contributed by atoms with Crippen LogP contribution in [0.4, 0.5) is 0 Å². The van der Waals surface area contributed by atoms with E-state index >= 15 is 0 Å². The molecule has 0 spiro atoms. The maximum Gasteiger partial charge on any atom is 0.218 e. The fraction of sp³-hybridized carbons (Fsp3) is 0.500. The number of hydrogen-bond donors (Lipinski definition) is 1. The highest BCUT2D eigenvalue weighted by atomic mass is 16.1. The standard InChI is InChI=1S/C10H17NO/c1-4-5-6-8(2)9(3)7-10(11)12/h4-6,9H,7H2,1-3H3,(H2,11,12)/b5-4-,8-6+. The summed E-state index contributed by atoms with van der Waals surface area (Å²) in [5, 5.41) is 0. The normalized spacial score (nSPS) is 15.1. The largest absolute Gasteiger partial charge is 0.370 e. The molecule has 0 saturated heterocycles. The van der Waals surface area contributed by atoms with Gasteiger partial charge in [-0.1, -0.05) is 30.7 Å². The Kier molecular flexibility index (Phi) is 5.09. The van der Waals surface area contributed by atoms with Gasteiger partial charge in [-0.3, -0.25) is 4.79 Å². The third kappa shape index (κ3) is 4.72. The summed E-state index contributed by atoms with van der Waals surface area (Å²) < 4.78 is 0. The number of hydrogen-bond acceptors (Lipinski definition) is 1. The fourth-order valence-corrected chi connectivity index (χ4v) is 0.875.